The molecule has 3 N–H and O–H groups in total. The van der Waals surface area contributed by atoms with Crippen molar-refractivity contribution in [2.75, 3.05) is 18.1 Å². The van der Waals surface area contributed by atoms with E-state index >= 15 is 0 Å². The van der Waals surface area contributed by atoms with Crippen molar-refractivity contribution in [3.63, 3.8) is 0 Å². The van der Waals surface area contributed by atoms with Crippen LogP contribution in [0.25, 0.3) is 0 Å². The fourth-order valence-corrected chi connectivity index (χ4v) is 2.59. The van der Waals surface area contributed by atoms with Crippen molar-refractivity contribution in [1.82, 2.24) is 0 Å². The molecule has 1 unspecified atom stereocenters. The van der Waals surface area contributed by atoms with Crippen molar-refractivity contribution in [1.29, 1.82) is 0 Å². The Morgan fingerprint density at radius 1 is 1.55 bits per heavy atom. The molecule has 1 heterocycles. The number of aliphatic hydroxyl groups is 1. The van der Waals surface area contributed by atoms with Crippen molar-refractivity contribution >= 4 is 11.8 Å². The van der Waals surface area contributed by atoms with Crippen LogP contribution in [-0.4, -0.2) is 28.8 Å². The molecule has 66 valence electrons. The van der Waals surface area contributed by atoms with E-state index in [4.69, 9.17) is 10.8 Å². The maximum Gasteiger partial charge on any atom is 0.0611 e. The van der Waals surface area contributed by atoms with Crippen LogP contribution in [0.3, 0.4) is 0 Å². The van der Waals surface area contributed by atoms with Crippen molar-refractivity contribution in [3.8, 4) is 0 Å². The lowest BCUT2D eigenvalue weighted by atomic mass is 9.83. The summed E-state index contributed by atoms with van der Waals surface area (Å²) in [6.07, 6.45) is 2.33. The maximum absolute atomic E-state index is 9.01. The zero-order valence-electron chi connectivity index (χ0n) is 7.05. The van der Waals surface area contributed by atoms with Gasteiger partial charge in [0.25, 0.3) is 0 Å². The highest BCUT2D eigenvalue weighted by atomic mass is 32.2. The quantitative estimate of drug-likeness (QED) is 0.654. The smallest absolute Gasteiger partial charge is 0.0611 e. The standard InChI is InChI=1S/C8H17NOS/c1-8(9,6-10)7-2-4-11-5-3-7/h7,10H,2-6,9H2,1H3. The monoisotopic (exact) mass is 175 g/mol. The number of rotatable bonds is 2. The Kier molecular flexibility index (Phi) is 3.22. The molecule has 0 saturated carbocycles. The lowest BCUT2D eigenvalue weighted by molar-refractivity contribution is 0.148. The van der Waals surface area contributed by atoms with E-state index in [1.165, 1.54) is 11.5 Å². The Bertz CT molecular complexity index is 121. The minimum absolute atomic E-state index is 0.113. The first-order chi connectivity index (χ1) is 5.17. The van der Waals surface area contributed by atoms with Gasteiger partial charge in [0.15, 0.2) is 0 Å². The van der Waals surface area contributed by atoms with Crippen molar-refractivity contribution in [3.05, 3.63) is 0 Å². The van der Waals surface area contributed by atoms with E-state index in [9.17, 15) is 0 Å². The van der Waals surface area contributed by atoms with Gasteiger partial charge in [0.1, 0.15) is 0 Å². The number of nitrogens with two attached hydrogens (primary N) is 1. The molecule has 0 aromatic carbocycles. The van der Waals surface area contributed by atoms with Gasteiger partial charge in [-0.2, -0.15) is 11.8 Å². The van der Waals surface area contributed by atoms with Gasteiger partial charge in [-0.25, -0.2) is 0 Å². The topological polar surface area (TPSA) is 46.2 Å². The van der Waals surface area contributed by atoms with E-state index in [2.05, 4.69) is 0 Å². The van der Waals surface area contributed by atoms with Crippen molar-refractivity contribution < 1.29 is 5.11 Å². The van der Waals surface area contributed by atoms with E-state index in [-0.39, 0.29) is 12.1 Å². The molecule has 1 saturated heterocycles. The zero-order valence-corrected chi connectivity index (χ0v) is 7.86. The summed E-state index contributed by atoms with van der Waals surface area (Å²) in [4.78, 5) is 0. The molecule has 3 heteroatoms. The van der Waals surface area contributed by atoms with Crippen LogP contribution < -0.4 is 5.73 Å². The first-order valence-corrected chi connectivity index (χ1v) is 5.30. The highest BCUT2D eigenvalue weighted by Crippen LogP contribution is 2.29. The molecule has 0 aliphatic carbocycles. The van der Waals surface area contributed by atoms with Gasteiger partial charge in [0.2, 0.25) is 0 Å². The summed E-state index contributed by atoms with van der Waals surface area (Å²) in [5.74, 6) is 2.93. The lowest BCUT2D eigenvalue weighted by Gasteiger charge is -2.34. The Morgan fingerprint density at radius 2 is 2.09 bits per heavy atom. The Labute approximate surface area is 72.5 Å². The predicted molar refractivity (Wildman–Crippen MR) is 49.7 cm³/mol. The van der Waals surface area contributed by atoms with Gasteiger partial charge in [0.05, 0.1) is 6.61 Å². The van der Waals surface area contributed by atoms with Crippen LogP contribution >= 0.6 is 11.8 Å². The molecule has 11 heavy (non-hydrogen) atoms. The summed E-state index contributed by atoms with van der Waals surface area (Å²) >= 11 is 1.99. The number of hydrogen-bond acceptors (Lipinski definition) is 3. The SMILES string of the molecule is CC(N)(CO)C1CCSCC1. The Balaban J connectivity index is 2.43. The third kappa shape index (κ3) is 2.36. The summed E-state index contributed by atoms with van der Waals surface area (Å²) in [6.45, 7) is 2.07. The molecule has 0 aromatic heterocycles. The zero-order chi connectivity index (χ0) is 8.32. The molecule has 0 radical (unpaired) electrons. The third-order valence-corrected chi connectivity index (χ3v) is 3.54. The van der Waals surface area contributed by atoms with Gasteiger partial charge in [-0.05, 0) is 37.2 Å². The normalized spacial score (nSPS) is 26.5. The highest BCUT2D eigenvalue weighted by Gasteiger charge is 2.30. The largest absolute Gasteiger partial charge is 0.394 e. The molecule has 0 bridgehead atoms. The second-order valence-corrected chi connectivity index (χ2v) is 4.78. The van der Waals surface area contributed by atoms with Gasteiger partial charge in [0, 0.05) is 5.54 Å². The van der Waals surface area contributed by atoms with Crippen LogP contribution in [0.5, 0.6) is 0 Å². The van der Waals surface area contributed by atoms with E-state index in [0.717, 1.165) is 12.8 Å². The Morgan fingerprint density at radius 3 is 2.55 bits per heavy atom. The van der Waals surface area contributed by atoms with Crippen LogP contribution in [0.1, 0.15) is 19.8 Å². The van der Waals surface area contributed by atoms with Crippen LogP contribution in [0.15, 0.2) is 0 Å². The maximum atomic E-state index is 9.01. The molecule has 0 aromatic rings. The first-order valence-electron chi connectivity index (χ1n) is 4.14. The number of thioether (sulfide) groups is 1. The molecule has 1 fully saturated rings. The minimum Gasteiger partial charge on any atom is -0.394 e. The molecular formula is C8H17NOS. The molecule has 1 aliphatic heterocycles. The average Bonchev–Trinajstić information content (AvgIpc) is 2.06. The van der Waals surface area contributed by atoms with Crippen molar-refractivity contribution in [2.45, 2.75) is 25.3 Å². The fraction of sp³-hybridized carbons (Fsp3) is 1.00. The van der Waals surface area contributed by atoms with Gasteiger partial charge < -0.3 is 10.8 Å². The second kappa shape index (κ2) is 3.78. The van der Waals surface area contributed by atoms with Crippen LogP contribution in [0.2, 0.25) is 0 Å². The van der Waals surface area contributed by atoms with Crippen LogP contribution in [0.4, 0.5) is 0 Å². The molecule has 1 atom stereocenters. The van der Waals surface area contributed by atoms with Gasteiger partial charge in [-0.15, -0.1) is 0 Å². The number of aliphatic hydroxyl groups excluding tert-OH is 1. The average molecular weight is 175 g/mol. The van der Waals surface area contributed by atoms with Gasteiger partial charge in [-0.3, -0.25) is 0 Å². The van der Waals surface area contributed by atoms with E-state index in [0.29, 0.717) is 5.92 Å². The van der Waals surface area contributed by atoms with Gasteiger partial charge >= 0.3 is 0 Å². The van der Waals surface area contributed by atoms with Gasteiger partial charge in [-0.1, -0.05) is 0 Å². The molecule has 0 spiro atoms. The summed E-state index contributed by atoms with van der Waals surface area (Å²) in [6, 6.07) is 0. The van der Waals surface area contributed by atoms with Crippen molar-refractivity contribution in [2.24, 2.45) is 11.7 Å². The van der Waals surface area contributed by atoms with E-state index in [1.54, 1.807) is 0 Å². The molecule has 1 aliphatic rings. The molecule has 2 nitrogen and oxygen atoms in total. The van der Waals surface area contributed by atoms with Crippen LogP contribution in [0, 0.1) is 5.92 Å². The van der Waals surface area contributed by atoms with E-state index in [1.807, 2.05) is 18.7 Å². The lowest BCUT2D eigenvalue weighted by Crippen LogP contribution is -2.48. The van der Waals surface area contributed by atoms with Crippen LogP contribution in [-0.2, 0) is 0 Å². The second-order valence-electron chi connectivity index (χ2n) is 3.55. The summed E-state index contributed by atoms with van der Waals surface area (Å²) < 4.78 is 0. The number of hydrogen-bond donors (Lipinski definition) is 2. The van der Waals surface area contributed by atoms with E-state index < -0.39 is 0 Å². The molecule has 0 amide bonds. The summed E-state index contributed by atoms with van der Waals surface area (Å²) in [7, 11) is 0. The first kappa shape index (κ1) is 9.36. The summed E-state index contributed by atoms with van der Waals surface area (Å²) in [5.41, 5.74) is 5.59. The fourth-order valence-electron chi connectivity index (χ4n) is 1.49. The predicted octanol–water partition coefficient (Wildman–Crippen LogP) is 0.839. The molecular weight excluding hydrogens is 158 g/mol. The third-order valence-electron chi connectivity index (χ3n) is 2.49. The summed E-state index contributed by atoms with van der Waals surface area (Å²) in [5, 5.41) is 9.01. The highest BCUT2D eigenvalue weighted by molar-refractivity contribution is 7.99. The minimum atomic E-state index is -0.346. The molecule has 1 rings (SSSR count). The Hall–Kier alpha value is 0.270.